The number of anilines is 2. The molecule has 1 aromatic carbocycles. The molecule has 19 heavy (non-hydrogen) atoms. The summed E-state index contributed by atoms with van der Waals surface area (Å²) < 4.78 is 5.13. The molecule has 0 N–H and O–H groups in total. The Hall–Kier alpha value is -1.88. The van der Waals surface area contributed by atoms with Gasteiger partial charge in [0, 0.05) is 12.7 Å². The fraction of sp³-hybridized carbons (Fsp3) is 0.286. The van der Waals surface area contributed by atoms with E-state index in [1.165, 1.54) is 11.3 Å². The molecule has 0 radical (unpaired) electrons. The maximum Gasteiger partial charge on any atom is 0.190 e. The molecule has 100 valence electrons. The Morgan fingerprint density at radius 3 is 2.53 bits per heavy atom. The second kappa shape index (κ2) is 5.84. The number of carbonyl (C=O) groups is 1. The summed E-state index contributed by atoms with van der Waals surface area (Å²) in [7, 11) is 3.58. The molecule has 0 unspecified atom stereocenters. The third-order valence-electron chi connectivity index (χ3n) is 2.90. The van der Waals surface area contributed by atoms with E-state index in [4.69, 9.17) is 4.74 Å². The van der Waals surface area contributed by atoms with Crippen LogP contribution in [0.5, 0.6) is 5.75 Å². The van der Waals surface area contributed by atoms with Gasteiger partial charge in [-0.05, 0) is 30.7 Å². The molecule has 0 spiro atoms. The van der Waals surface area contributed by atoms with Crippen LogP contribution in [0.4, 0.5) is 10.8 Å². The Bertz CT molecular complexity index is 563. The summed E-state index contributed by atoms with van der Waals surface area (Å²) in [4.78, 5) is 18.2. The second-order valence-electron chi connectivity index (χ2n) is 4.04. The van der Waals surface area contributed by atoms with Crippen molar-refractivity contribution < 1.29 is 9.53 Å². The Labute approximate surface area is 116 Å². The molecule has 0 atom stereocenters. The monoisotopic (exact) mass is 276 g/mol. The first-order valence-electron chi connectivity index (χ1n) is 6.02. The minimum absolute atomic E-state index is 0.706. The first-order chi connectivity index (χ1) is 9.19. The molecule has 0 aliphatic heterocycles. The van der Waals surface area contributed by atoms with E-state index >= 15 is 0 Å². The summed E-state index contributed by atoms with van der Waals surface area (Å²) in [6, 6.07) is 7.74. The molecule has 0 amide bonds. The molecule has 0 saturated heterocycles. The maximum atomic E-state index is 11.0. The van der Waals surface area contributed by atoms with Crippen molar-refractivity contribution in [2.75, 3.05) is 19.1 Å². The number of thiazole rings is 1. The number of aromatic nitrogens is 1. The summed E-state index contributed by atoms with van der Waals surface area (Å²) in [6.45, 7) is 2.00. The number of carbonyl (C=O) groups excluding carboxylic acids is 1. The first kappa shape index (κ1) is 13.5. The Kier molecular flexibility index (Phi) is 4.16. The number of aryl methyl sites for hydroxylation is 1. The topological polar surface area (TPSA) is 42.4 Å². The van der Waals surface area contributed by atoms with Crippen LogP contribution in [0.1, 0.15) is 22.3 Å². The average molecular weight is 276 g/mol. The lowest BCUT2D eigenvalue weighted by molar-refractivity contribution is 0.112. The van der Waals surface area contributed by atoms with Gasteiger partial charge in [-0.2, -0.15) is 0 Å². The lowest BCUT2D eigenvalue weighted by Crippen LogP contribution is -2.08. The van der Waals surface area contributed by atoms with Crippen LogP contribution >= 0.6 is 11.3 Å². The maximum absolute atomic E-state index is 11.0. The first-order valence-corrected chi connectivity index (χ1v) is 6.84. The molecule has 0 saturated carbocycles. The third-order valence-corrected chi connectivity index (χ3v) is 4.00. The van der Waals surface area contributed by atoms with Crippen molar-refractivity contribution >= 4 is 28.4 Å². The standard InChI is InChI=1S/C14H16N2O2S/c1-4-12-13(9-17)19-14(15-12)16(2)10-5-7-11(18-3)8-6-10/h5-9H,4H2,1-3H3. The quantitative estimate of drug-likeness (QED) is 0.786. The summed E-state index contributed by atoms with van der Waals surface area (Å²) in [5.74, 6) is 0.819. The highest BCUT2D eigenvalue weighted by Crippen LogP contribution is 2.30. The van der Waals surface area contributed by atoms with Gasteiger partial charge in [-0.25, -0.2) is 4.98 Å². The molecule has 0 fully saturated rings. The number of hydrogen-bond acceptors (Lipinski definition) is 5. The van der Waals surface area contributed by atoms with E-state index in [2.05, 4.69) is 4.98 Å². The third kappa shape index (κ3) is 2.76. The Balaban J connectivity index is 2.29. The number of hydrogen-bond donors (Lipinski definition) is 0. The van der Waals surface area contributed by atoms with Gasteiger partial charge in [0.05, 0.1) is 17.7 Å². The molecular weight excluding hydrogens is 260 g/mol. The second-order valence-corrected chi connectivity index (χ2v) is 5.04. The van der Waals surface area contributed by atoms with Gasteiger partial charge < -0.3 is 9.64 Å². The zero-order valence-electron chi connectivity index (χ0n) is 11.2. The number of aldehydes is 1. The van der Waals surface area contributed by atoms with Crippen molar-refractivity contribution in [3.05, 3.63) is 34.8 Å². The number of nitrogens with zero attached hydrogens (tertiary/aromatic N) is 2. The van der Waals surface area contributed by atoms with E-state index in [1.54, 1.807) is 7.11 Å². The summed E-state index contributed by atoms with van der Waals surface area (Å²) in [5, 5.41) is 0.823. The minimum atomic E-state index is 0.706. The number of ether oxygens (including phenoxy) is 1. The van der Waals surface area contributed by atoms with Gasteiger partial charge in [-0.15, -0.1) is 0 Å². The van der Waals surface area contributed by atoms with Crippen LogP contribution < -0.4 is 9.64 Å². The normalized spacial score (nSPS) is 10.3. The lowest BCUT2D eigenvalue weighted by atomic mass is 10.3. The molecule has 0 bridgehead atoms. The van der Waals surface area contributed by atoms with Crippen molar-refractivity contribution in [3.63, 3.8) is 0 Å². The molecule has 1 aromatic heterocycles. The molecule has 4 nitrogen and oxygen atoms in total. The highest BCUT2D eigenvalue weighted by molar-refractivity contribution is 7.17. The van der Waals surface area contributed by atoms with E-state index in [-0.39, 0.29) is 0 Å². The van der Waals surface area contributed by atoms with Crippen LogP contribution in [-0.2, 0) is 6.42 Å². The van der Waals surface area contributed by atoms with Crippen LogP contribution in [0.25, 0.3) is 0 Å². The Morgan fingerprint density at radius 1 is 1.37 bits per heavy atom. The van der Waals surface area contributed by atoms with Crippen molar-refractivity contribution in [2.45, 2.75) is 13.3 Å². The van der Waals surface area contributed by atoms with Gasteiger partial charge in [0.1, 0.15) is 5.75 Å². The van der Waals surface area contributed by atoms with Crippen LogP contribution in [0.2, 0.25) is 0 Å². The minimum Gasteiger partial charge on any atom is -0.497 e. The van der Waals surface area contributed by atoms with Gasteiger partial charge in [-0.1, -0.05) is 18.3 Å². The largest absolute Gasteiger partial charge is 0.497 e. The smallest absolute Gasteiger partial charge is 0.190 e. The van der Waals surface area contributed by atoms with Gasteiger partial charge in [0.15, 0.2) is 11.4 Å². The lowest BCUT2D eigenvalue weighted by Gasteiger charge is -2.16. The van der Waals surface area contributed by atoms with Crippen LogP contribution in [0.15, 0.2) is 24.3 Å². The van der Waals surface area contributed by atoms with E-state index in [0.29, 0.717) is 4.88 Å². The summed E-state index contributed by atoms with van der Waals surface area (Å²) in [5.41, 5.74) is 1.87. The van der Waals surface area contributed by atoms with Crippen LogP contribution in [-0.4, -0.2) is 25.4 Å². The number of benzene rings is 1. The highest BCUT2D eigenvalue weighted by atomic mass is 32.1. The van der Waals surface area contributed by atoms with Crippen molar-refractivity contribution in [1.29, 1.82) is 0 Å². The fourth-order valence-corrected chi connectivity index (χ4v) is 2.71. The fourth-order valence-electron chi connectivity index (χ4n) is 1.76. The highest BCUT2D eigenvalue weighted by Gasteiger charge is 2.13. The van der Waals surface area contributed by atoms with Crippen LogP contribution in [0.3, 0.4) is 0 Å². The summed E-state index contributed by atoms with van der Waals surface area (Å²) >= 11 is 1.41. The van der Waals surface area contributed by atoms with Gasteiger partial charge in [0.2, 0.25) is 0 Å². The zero-order chi connectivity index (χ0) is 13.8. The van der Waals surface area contributed by atoms with E-state index < -0.39 is 0 Å². The zero-order valence-corrected chi connectivity index (χ0v) is 12.0. The average Bonchev–Trinajstić information content (AvgIpc) is 2.89. The molecular formula is C14H16N2O2S. The SMILES string of the molecule is CCc1nc(N(C)c2ccc(OC)cc2)sc1C=O. The van der Waals surface area contributed by atoms with E-state index in [9.17, 15) is 4.79 Å². The van der Waals surface area contributed by atoms with E-state index in [0.717, 1.165) is 35.0 Å². The molecule has 2 rings (SSSR count). The molecule has 5 heteroatoms. The summed E-state index contributed by atoms with van der Waals surface area (Å²) in [6.07, 6.45) is 1.64. The molecule has 0 aliphatic carbocycles. The predicted molar refractivity (Wildman–Crippen MR) is 77.9 cm³/mol. The van der Waals surface area contributed by atoms with Gasteiger partial charge in [-0.3, -0.25) is 4.79 Å². The number of rotatable bonds is 5. The molecule has 0 aliphatic rings. The van der Waals surface area contributed by atoms with Gasteiger partial charge >= 0.3 is 0 Å². The van der Waals surface area contributed by atoms with Crippen molar-refractivity contribution in [1.82, 2.24) is 4.98 Å². The van der Waals surface area contributed by atoms with Gasteiger partial charge in [0.25, 0.3) is 0 Å². The Morgan fingerprint density at radius 2 is 2.05 bits per heavy atom. The van der Waals surface area contributed by atoms with Crippen molar-refractivity contribution in [2.24, 2.45) is 0 Å². The number of methoxy groups -OCH3 is 1. The van der Waals surface area contributed by atoms with E-state index in [1.807, 2.05) is 43.1 Å². The molecule has 1 heterocycles. The van der Waals surface area contributed by atoms with Crippen molar-refractivity contribution in [3.8, 4) is 5.75 Å². The molecule has 2 aromatic rings. The predicted octanol–water partition coefficient (Wildman–Crippen LogP) is 3.29. The van der Waals surface area contributed by atoms with Crippen LogP contribution in [0, 0.1) is 0 Å².